The van der Waals surface area contributed by atoms with Crippen LogP contribution in [-0.2, 0) is 4.79 Å². The summed E-state index contributed by atoms with van der Waals surface area (Å²) in [6.07, 6.45) is 0. The molecule has 5 heteroatoms. The Kier molecular flexibility index (Phi) is 6.02. The standard InChI is InChI=1S/C18H21ClN2O2/c1-12(14-7-6-8-15(19)11-14)20-13(2)18(22)21-16-9-4-5-10-17(16)23-3/h4-13,20H,1-3H3,(H,21,22)/t12-,13+/m1/s1. The van der Waals surface area contributed by atoms with E-state index in [0.717, 1.165) is 5.56 Å². The zero-order valence-electron chi connectivity index (χ0n) is 13.5. The van der Waals surface area contributed by atoms with E-state index in [4.69, 9.17) is 16.3 Å². The van der Waals surface area contributed by atoms with Gasteiger partial charge in [-0.05, 0) is 43.7 Å². The lowest BCUT2D eigenvalue weighted by atomic mass is 10.1. The van der Waals surface area contributed by atoms with Gasteiger partial charge in [0.1, 0.15) is 5.75 Å². The van der Waals surface area contributed by atoms with E-state index in [1.54, 1.807) is 7.11 Å². The van der Waals surface area contributed by atoms with E-state index < -0.39 is 0 Å². The molecule has 23 heavy (non-hydrogen) atoms. The molecule has 0 bridgehead atoms. The minimum atomic E-state index is -0.367. The maximum Gasteiger partial charge on any atom is 0.241 e. The van der Waals surface area contributed by atoms with Gasteiger partial charge in [0.25, 0.3) is 0 Å². The normalized spacial score (nSPS) is 13.2. The highest BCUT2D eigenvalue weighted by molar-refractivity contribution is 6.30. The van der Waals surface area contributed by atoms with Crippen LogP contribution < -0.4 is 15.4 Å². The van der Waals surface area contributed by atoms with Gasteiger partial charge in [-0.1, -0.05) is 35.9 Å². The molecule has 2 N–H and O–H groups in total. The van der Waals surface area contributed by atoms with E-state index in [1.165, 1.54) is 0 Å². The number of hydrogen-bond donors (Lipinski definition) is 2. The van der Waals surface area contributed by atoms with Gasteiger partial charge in [0.05, 0.1) is 18.8 Å². The first kappa shape index (κ1) is 17.3. The number of anilines is 1. The summed E-state index contributed by atoms with van der Waals surface area (Å²) in [5.41, 5.74) is 1.69. The van der Waals surface area contributed by atoms with Crippen LogP contribution in [0.25, 0.3) is 0 Å². The van der Waals surface area contributed by atoms with Crippen molar-refractivity contribution in [2.24, 2.45) is 0 Å². The zero-order chi connectivity index (χ0) is 16.8. The summed E-state index contributed by atoms with van der Waals surface area (Å²) < 4.78 is 5.24. The summed E-state index contributed by atoms with van der Waals surface area (Å²) in [7, 11) is 1.58. The second kappa shape index (κ2) is 7.99. The molecule has 0 aliphatic rings. The lowest BCUT2D eigenvalue weighted by Crippen LogP contribution is -2.39. The van der Waals surface area contributed by atoms with E-state index >= 15 is 0 Å². The number of ether oxygens (including phenoxy) is 1. The van der Waals surface area contributed by atoms with Crippen molar-refractivity contribution >= 4 is 23.2 Å². The molecule has 0 radical (unpaired) electrons. The minimum Gasteiger partial charge on any atom is -0.495 e. The highest BCUT2D eigenvalue weighted by Crippen LogP contribution is 2.23. The third-order valence-electron chi connectivity index (χ3n) is 3.61. The molecule has 0 spiro atoms. The quantitative estimate of drug-likeness (QED) is 0.839. The first-order chi connectivity index (χ1) is 11.0. The van der Waals surface area contributed by atoms with Crippen LogP contribution in [0.1, 0.15) is 25.5 Å². The fourth-order valence-corrected chi connectivity index (χ4v) is 2.51. The first-order valence-corrected chi connectivity index (χ1v) is 7.84. The number of nitrogens with one attached hydrogen (secondary N) is 2. The SMILES string of the molecule is COc1ccccc1NC(=O)[C@H](C)N[C@H](C)c1cccc(Cl)c1. The number of para-hydroxylation sites is 2. The molecule has 0 fully saturated rings. The van der Waals surface area contributed by atoms with Crippen LogP contribution in [0, 0.1) is 0 Å². The summed E-state index contributed by atoms with van der Waals surface area (Å²) in [5, 5.41) is 6.83. The topological polar surface area (TPSA) is 50.4 Å². The third kappa shape index (κ3) is 4.71. The Morgan fingerprint density at radius 2 is 1.87 bits per heavy atom. The Morgan fingerprint density at radius 3 is 2.57 bits per heavy atom. The van der Waals surface area contributed by atoms with Gasteiger partial charge in [-0.15, -0.1) is 0 Å². The molecular formula is C18H21ClN2O2. The highest BCUT2D eigenvalue weighted by Gasteiger charge is 2.17. The van der Waals surface area contributed by atoms with Crippen LogP contribution in [0.4, 0.5) is 5.69 Å². The zero-order valence-corrected chi connectivity index (χ0v) is 14.2. The molecule has 2 atom stereocenters. The monoisotopic (exact) mass is 332 g/mol. The van der Waals surface area contributed by atoms with Crippen LogP contribution in [0.2, 0.25) is 5.02 Å². The average molecular weight is 333 g/mol. The largest absolute Gasteiger partial charge is 0.495 e. The number of rotatable bonds is 6. The van der Waals surface area contributed by atoms with E-state index in [-0.39, 0.29) is 18.0 Å². The number of hydrogen-bond acceptors (Lipinski definition) is 3. The smallest absolute Gasteiger partial charge is 0.241 e. The molecule has 0 heterocycles. The van der Waals surface area contributed by atoms with Crippen molar-refractivity contribution in [2.75, 3.05) is 12.4 Å². The summed E-state index contributed by atoms with van der Waals surface area (Å²) in [6, 6.07) is 14.6. The molecular weight excluding hydrogens is 312 g/mol. The third-order valence-corrected chi connectivity index (χ3v) is 3.84. The van der Waals surface area contributed by atoms with Crippen LogP contribution in [0.15, 0.2) is 48.5 Å². The van der Waals surface area contributed by atoms with Crippen molar-refractivity contribution in [3.63, 3.8) is 0 Å². The Hall–Kier alpha value is -2.04. The van der Waals surface area contributed by atoms with E-state index in [0.29, 0.717) is 16.5 Å². The van der Waals surface area contributed by atoms with Gasteiger partial charge in [-0.2, -0.15) is 0 Å². The van der Waals surface area contributed by atoms with Gasteiger partial charge >= 0.3 is 0 Å². The number of benzene rings is 2. The Morgan fingerprint density at radius 1 is 1.13 bits per heavy atom. The van der Waals surface area contributed by atoms with Crippen LogP contribution in [-0.4, -0.2) is 19.1 Å². The van der Waals surface area contributed by atoms with Crippen molar-refractivity contribution in [3.05, 3.63) is 59.1 Å². The molecule has 0 unspecified atom stereocenters. The molecule has 4 nitrogen and oxygen atoms in total. The molecule has 2 aromatic rings. The minimum absolute atomic E-state index is 0.00659. The summed E-state index contributed by atoms with van der Waals surface area (Å²) in [5.74, 6) is 0.513. The molecule has 2 rings (SSSR count). The second-order valence-electron chi connectivity index (χ2n) is 5.35. The van der Waals surface area contributed by atoms with Gasteiger partial charge in [0.2, 0.25) is 5.91 Å². The Balaban J connectivity index is 1.99. The van der Waals surface area contributed by atoms with E-state index in [9.17, 15) is 4.79 Å². The Bertz CT molecular complexity index is 676. The number of carbonyl (C=O) groups is 1. The fourth-order valence-electron chi connectivity index (χ4n) is 2.31. The maximum absolute atomic E-state index is 12.4. The Labute approximate surface area is 141 Å². The summed E-state index contributed by atoms with van der Waals surface area (Å²) >= 11 is 6.01. The fraction of sp³-hybridized carbons (Fsp3) is 0.278. The van der Waals surface area contributed by atoms with Gasteiger partial charge in [-0.25, -0.2) is 0 Å². The van der Waals surface area contributed by atoms with Crippen LogP contribution in [0.5, 0.6) is 5.75 Å². The number of methoxy groups -OCH3 is 1. The molecule has 1 amide bonds. The van der Waals surface area contributed by atoms with E-state index in [2.05, 4.69) is 10.6 Å². The van der Waals surface area contributed by atoms with Crippen molar-refractivity contribution in [3.8, 4) is 5.75 Å². The van der Waals surface area contributed by atoms with Crippen LogP contribution in [0.3, 0.4) is 0 Å². The lowest BCUT2D eigenvalue weighted by Gasteiger charge is -2.20. The second-order valence-corrected chi connectivity index (χ2v) is 5.79. The number of carbonyl (C=O) groups excluding carboxylic acids is 1. The molecule has 0 saturated carbocycles. The molecule has 122 valence electrons. The average Bonchev–Trinajstić information content (AvgIpc) is 2.55. The summed E-state index contributed by atoms with van der Waals surface area (Å²) in [4.78, 5) is 12.4. The van der Waals surface area contributed by atoms with Crippen molar-refractivity contribution < 1.29 is 9.53 Å². The highest BCUT2D eigenvalue weighted by atomic mass is 35.5. The van der Waals surface area contributed by atoms with Crippen LogP contribution >= 0.6 is 11.6 Å². The number of halogens is 1. The van der Waals surface area contributed by atoms with Gasteiger partial charge in [0.15, 0.2) is 0 Å². The number of amides is 1. The first-order valence-electron chi connectivity index (χ1n) is 7.46. The van der Waals surface area contributed by atoms with Crippen molar-refractivity contribution in [1.29, 1.82) is 0 Å². The molecule has 0 aliphatic carbocycles. The summed E-state index contributed by atoms with van der Waals surface area (Å²) in [6.45, 7) is 3.82. The maximum atomic E-state index is 12.4. The predicted molar refractivity (Wildman–Crippen MR) is 94.1 cm³/mol. The molecule has 0 aliphatic heterocycles. The van der Waals surface area contributed by atoms with E-state index in [1.807, 2.05) is 62.4 Å². The molecule has 0 aromatic heterocycles. The lowest BCUT2D eigenvalue weighted by molar-refractivity contribution is -0.117. The van der Waals surface area contributed by atoms with Gasteiger partial charge < -0.3 is 10.1 Å². The molecule has 0 saturated heterocycles. The van der Waals surface area contributed by atoms with Gasteiger partial charge in [-0.3, -0.25) is 10.1 Å². The van der Waals surface area contributed by atoms with Crippen molar-refractivity contribution in [2.45, 2.75) is 25.9 Å². The predicted octanol–water partition coefficient (Wildman–Crippen LogP) is 4.03. The van der Waals surface area contributed by atoms with Crippen molar-refractivity contribution in [1.82, 2.24) is 5.32 Å². The molecule has 2 aromatic carbocycles. The van der Waals surface area contributed by atoms with Gasteiger partial charge in [0, 0.05) is 11.1 Å².